The van der Waals surface area contributed by atoms with Crippen LogP contribution in [-0.4, -0.2) is 26.3 Å². The molecule has 2 rings (SSSR count). The van der Waals surface area contributed by atoms with Crippen molar-refractivity contribution in [3.8, 4) is 11.5 Å². The molecule has 0 fully saturated rings. The number of carbonyl (C=O) groups is 1. The van der Waals surface area contributed by atoms with Crippen molar-refractivity contribution in [2.75, 3.05) is 26.1 Å². The zero-order valence-electron chi connectivity index (χ0n) is 13.6. The lowest BCUT2D eigenvalue weighted by Crippen LogP contribution is -2.14. The Morgan fingerprint density at radius 3 is 2.54 bits per heavy atom. The second kappa shape index (κ2) is 8.52. The predicted octanol–water partition coefficient (Wildman–Crippen LogP) is 3.63. The topological polar surface area (TPSA) is 95.5 Å². The number of azo groups is 1. The van der Waals surface area contributed by atoms with Gasteiger partial charge in [0, 0.05) is 11.8 Å². The summed E-state index contributed by atoms with van der Waals surface area (Å²) in [6, 6.07) is 12.0. The van der Waals surface area contributed by atoms with Crippen LogP contribution < -0.4 is 15.2 Å². The summed E-state index contributed by atoms with van der Waals surface area (Å²) in [6.45, 7) is 1.95. The largest absolute Gasteiger partial charge is 0.494 e. The SMILES string of the molecule is CCOC(=O)COc1ccc(N=Nc2ccc(N)cc2OC)cc1. The molecule has 0 spiro atoms. The molecule has 0 bridgehead atoms. The Balaban J connectivity index is 2.00. The predicted molar refractivity (Wildman–Crippen MR) is 90.2 cm³/mol. The average molecular weight is 329 g/mol. The molecule has 0 heterocycles. The molecule has 0 saturated heterocycles. The number of nitrogens with zero attached hydrogens (tertiary/aromatic N) is 2. The van der Waals surface area contributed by atoms with Crippen LogP contribution in [0.1, 0.15) is 6.92 Å². The number of carbonyl (C=O) groups excluding carboxylic acids is 1. The van der Waals surface area contributed by atoms with Crippen LogP contribution in [-0.2, 0) is 9.53 Å². The molecule has 7 nitrogen and oxygen atoms in total. The molecule has 2 aromatic rings. The van der Waals surface area contributed by atoms with Gasteiger partial charge in [-0.05, 0) is 43.3 Å². The van der Waals surface area contributed by atoms with Crippen LogP contribution in [0.15, 0.2) is 52.7 Å². The Morgan fingerprint density at radius 2 is 1.88 bits per heavy atom. The van der Waals surface area contributed by atoms with E-state index in [2.05, 4.69) is 10.2 Å². The van der Waals surface area contributed by atoms with Gasteiger partial charge in [0.05, 0.1) is 19.4 Å². The highest BCUT2D eigenvalue weighted by Crippen LogP contribution is 2.31. The van der Waals surface area contributed by atoms with Gasteiger partial charge in [0.15, 0.2) is 6.61 Å². The van der Waals surface area contributed by atoms with Gasteiger partial charge in [0.2, 0.25) is 0 Å². The van der Waals surface area contributed by atoms with Gasteiger partial charge in [-0.1, -0.05) is 0 Å². The van der Waals surface area contributed by atoms with E-state index in [1.807, 2.05) is 0 Å². The molecule has 0 aliphatic rings. The van der Waals surface area contributed by atoms with Crippen molar-refractivity contribution in [2.24, 2.45) is 10.2 Å². The van der Waals surface area contributed by atoms with E-state index in [-0.39, 0.29) is 6.61 Å². The first-order valence-electron chi connectivity index (χ1n) is 7.36. The second-order valence-electron chi connectivity index (χ2n) is 4.72. The van der Waals surface area contributed by atoms with E-state index in [1.54, 1.807) is 56.5 Å². The summed E-state index contributed by atoms with van der Waals surface area (Å²) < 4.78 is 15.3. The van der Waals surface area contributed by atoms with Crippen LogP contribution in [0.2, 0.25) is 0 Å². The minimum Gasteiger partial charge on any atom is -0.494 e. The number of esters is 1. The highest BCUT2D eigenvalue weighted by molar-refractivity contribution is 5.71. The van der Waals surface area contributed by atoms with Crippen LogP contribution in [0.25, 0.3) is 0 Å². The number of hydrogen-bond donors (Lipinski definition) is 1. The van der Waals surface area contributed by atoms with E-state index in [4.69, 9.17) is 19.9 Å². The number of nitrogen functional groups attached to an aromatic ring is 1. The number of anilines is 1. The summed E-state index contributed by atoms with van der Waals surface area (Å²) in [4.78, 5) is 11.2. The van der Waals surface area contributed by atoms with E-state index in [0.717, 1.165) is 0 Å². The van der Waals surface area contributed by atoms with E-state index in [0.29, 0.717) is 35.2 Å². The minimum atomic E-state index is -0.406. The van der Waals surface area contributed by atoms with E-state index >= 15 is 0 Å². The van der Waals surface area contributed by atoms with E-state index in [1.165, 1.54) is 0 Å². The molecule has 0 aliphatic carbocycles. The molecule has 0 radical (unpaired) electrons. The number of benzene rings is 2. The first-order chi connectivity index (χ1) is 11.6. The lowest BCUT2D eigenvalue weighted by atomic mass is 10.2. The van der Waals surface area contributed by atoms with Gasteiger partial charge < -0.3 is 19.9 Å². The summed E-state index contributed by atoms with van der Waals surface area (Å²) >= 11 is 0. The number of rotatable bonds is 7. The maximum atomic E-state index is 11.2. The fourth-order valence-corrected chi connectivity index (χ4v) is 1.84. The van der Waals surface area contributed by atoms with Gasteiger partial charge in [-0.2, -0.15) is 5.11 Å². The molecule has 0 amide bonds. The van der Waals surface area contributed by atoms with Crippen molar-refractivity contribution in [3.63, 3.8) is 0 Å². The zero-order valence-corrected chi connectivity index (χ0v) is 13.6. The van der Waals surface area contributed by atoms with Crippen LogP contribution in [0, 0.1) is 0 Å². The standard InChI is InChI=1S/C17H19N3O4/c1-3-23-17(21)11-24-14-7-5-13(6-8-14)19-20-15-9-4-12(18)10-16(15)22-2/h4-10H,3,11,18H2,1-2H3. The van der Waals surface area contributed by atoms with Crippen molar-refractivity contribution in [2.45, 2.75) is 6.92 Å². The van der Waals surface area contributed by atoms with Crippen molar-refractivity contribution in [1.29, 1.82) is 0 Å². The summed E-state index contributed by atoms with van der Waals surface area (Å²) in [5.74, 6) is 0.692. The van der Waals surface area contributed by atoms with Gasteiger partial charge in [0.25, 0.3) is 0 Å². The zero-order chi connectivity index (χ0) is 17.4. The Morgan fingerprint density at radius 1 is 1.12 bits per heavy atom. The molecule has 0 unspecified atom stereocenters. The fourth-order valence-electron chi connectivity index (χ4n) is 1.84. The molecule has 0 saturated carbocycles. The molecule has 126 valence electrons. The van der Waals surface area contributed by atoms with Crippen molar-refractivity contribution >= 4 is 23.0 Å². The van der Waals surface area contributed by atoms with Crippen molar-refractivity contribution in [1.82, 2.24) is 0 Å². The summed E-state index contributed by atoms with van der Waals surface area (Å²) in [5.41, 5.74) is 7.50. The van der Waals surface area contributed by atoms with Crippen LogP contribution >= 0.6 is 0 Å². The van der Waals surface area contributed by atoms with Crippen molar-refractivity contribution < 1.29 is 19.0 Å². The molecular formula is C17H19N3O4. The third kappa shape index (κ3) is 4.98. The normalized spacial score (nSPS) is 10.6. The Hall–Kier alpha value is -3.09. The monoisotopic (exact) mass is 329 g/mol. The number of hydrogen-bond acceptors (Lipinski definition) is 7. The molecule has 24 heavy (non-hydrogen) atoms. The summed E-state index contributed by atoms with van der Waals surface area (Å²) in [7, 11) is 1.55. The molecule has 2 aromatic carbocycles. The summed E-state index contributed by atoms with van der Waals surface area (Å²) in [6.07, 6.45) is 0. The lowest BCUT2D eigenvalue weighted by molar-refractivity contribution is -0.145. The molecule has 7 heteroatoms. The Kier molecular flexibility index (Phi) is 6.13. The first kappa shape index (κ1) is 17.3. The van der Waals surface area contributed by atoms with Gasteiger partial charge >= 0.3 is 5.97 Å². The minimum absolute atomic E-state index is 0.128. The number of ether oxygens (including phenoxy) is 3. The highest BCUT2D eigenvalue weighted by Gasteiger charge is 2.04. The quantitative estimate of drug-likeness (QED) is 0.475. The average Bonchev–Trinajstić information content (AvgIpc) is 2.60. The van der Waals surface area contributed by atoms with Gasteiger partial charge in [-0.25, -0.2) is 4.79 Å². The van der Waals surface area contributed by atoms with Crippen LogP contribution in [0.3, 0.4) is 0 Å². The van der Waals surface area contributed by atoms with E-state index < -0.39 is 5.97 Å². The Labute approximate surface area is 140 Å². The lowest BCUT2D eigenvalue weighted by Gasteiger charge is -2.06. The second-order valence-corrected chi connectivity index (χ2v) is 4.72. The van der Waals surface area contributed by atoms with Gasteiger partial charge in [-0.3, -0.25) is 0 Å². The molecular weight excluding hydrogens is 310 g/mol. The first-order valence-corrected chi connectivity index (χ1v) is 7.36. The van der Waals surface area contributed by atoms with Crippen LogP contribution in [0.4, 0.5) is 17.1 Å². The number of nitrogens with two attached hydrogens (primary N) is 1. The smallest absolute Gasteiger partial charge is 0.344 e. The molecule has 0 atom stereocenters. The highest BCUT2D eigenvalue weighted by atomic mass is 16.6. The van der Waals surface area contributed by atoms with Gasteiger partial charge in [-0.15, -0.1) is 5.11 Å². The van der Waals surface area contributed by atoms with Crippen LogP contribution in [0.5, 0.6) is 11.5 Å². The summed E-state index contributed by atoms with van der Waals surface area (Å²) in [5, 5.41) is 8.28. The molecule has 2 N–H and O–H groups in total. The maximum absolute atomic E-state index is 11.2. The van der Waals surface area contributed by atoms with Crippen molar-refractivity contribution in [3.05, 3.63) is 42.5 Å². The Bertz CT molecular complexity index is 714. The maximum Gasteiger partial charge on any atom is 0.344 e. The van der Waals surface area contributed by atoms with E-state index in [9.17, 15) is 4.79 Å². The number of methoxy groups -OCH3 is 1. The molecule has 0 aromatic heterocycles. The van der Waals surface area contributed by atoms with Gasteiger partial charge in [0.1, 0.15) is 17.2 Å². The third-order valence-corrected chi connectivity index (χ3v) is 2.98. The molecule has 0 aliphatic heterocycles. The fraction of sp³-hybridized carbons (Fsp3) is 0.235. The third-order valence-electron chi connectivity index (χ3n) is 2.98.